The van der Waals surface area contributed by atoms with Crippen LogP contribution >= 0.6 is 11.8 Å². The van der Waals surface area contributed by atoms with Gasteiger partial charge in [-0.2, -0.15) is 11.8 Å². The predicted molar refractivity (Wildman–Crippen MR) is 113 cm³/mol. The largest absolute Gasteiger partial charge is 0.337 e. The van der Waals surface area contributed by atoms with E-state index in [2.05, 4.69) is 41.2 Å². The fourth-order valence-electron chi connectivity index (χ4n) is 3.59. The monoisotopic (exact) mass is 377 g/mol. The van der Waals surface area contributed by atoms with Crippen LogP contribution in [0.5, 0.6) is 0 Å². The summed E-state index contributed by atoms with van der Waals surface area (Å²) in [5, 5.41) is 0. The van der Waals surface area contributed by atoms with Crippen molar-refractivity contribution in [3.63, 3.8) is 0 Å². The highest BCUT2D eigenvalue weighted by atomic mass is 32.2. The standard InChI is InChI=1S/C22H23N3OS/c1-27-16-21-23-19-9-5-6-10-20(19)25(21)15-22(26)24-13-11-18(12-14-24)17-7-3-2-4-8-17/h2-11H,12-16H2,1H3. The smallest absolute Gasteiger partial charge is 0.242 e. The number of carbonyl (C=O) groups excluding carboxylic acids is 1. The highest BCUT2D eigenvalue weighted by Gasteiger charge is 2.20. The van der Waals surface area contributed by atoms with Crippen molar-refractivity contribution in [3.8, 4) is 0 Å². The lowest BCUT2D eigenvalue weighted by molar-refractivity contribution is -0.131. The zero-order valence-corrected chi connectivity index (χ0v) is 16.3. The number of aromatic nitrogens is 2. The maximum Gasteiger partial charge on any atom is 0.242 e. The van der Waals surface area contributed by atoms with E-state index in [1.807, 2.05) is 35.2 Å². The second kappa shape index (κ2) is 8.01. The van der Waals surface area contributed by atoms with Gasteiger partial charge in [-0.15, -0.1) is 0 Å². The fraction of sp³-hybridized carbons (Fsp3) is 0.273. The van der Waals surface area contributed by atoms with E-state index in [-0.39, 0.29) is 5.91 Å². The van der Waals surface area contributed by atoms with Crippen LogP contribution in [0.2, 0.25) is 0 Å². The number of rotatable bonds is 5. The molecule has 0 saturated heterocycles. The first-order valence-electron chi connectivity index (χ1n) is 9.21. The van der Waals surface area contributed by atoms with Gasteiger partial charge < -0.3 is 9.47 Å². The predicted octanol–water partition coefficient (Wildman–Crippen LogP) is 4.22. The second-order valence-electron chi connectivity index (χ2n) is 6.72. The minimum atomic E-state index is 0.156. The molecule has 0 radical (unpaired) electrons. The molecular weight excluding hydrogens is 354 g/mol. The number of amides is 1. The van der Waals surface area contributed by atoms with Gasteiger partial charge in [-0.05, 0) is 35.9 Å². The lowest BCUT2D eigenvalue weighted by Gasteiger charge is -2.27. The Morgan fingerprint density at radius 2 is 1.89 bits per heavy atom. The van der Waals surface area contributed by atoms with Gasteiger partial charge in [0.15, 0.2) is 0 Å². The van der Waals surface area contributed by atoms with Crippen LogP contribution in [0.4, 0.5) is 0 Å². The van der Waals surface area contributed by atoms with Crippen molar-refractivity contribution in [2.45, 2.75) is 18.7 Å². The summed E-state index contributed by atoms with van der Waals surface area (Å²) >= 11 is 1.73. The number of imidazole rings is 1. The van der Waals surface area contributed by atoms with Crippen LogP contribution in [-0.2, 0) is 17.1 Å². The Kier molecular flexibility index (Phi) is 5.30. The van der Waals surface area contributed by atoms with Gasteiger partial charge >= 0.3 is 0 Å². The van der Waals surface area contributed by atoms with E-state index in [4.69, 9.17) is 4.98 Å². The molecule has 1 amide bonds. The number of hydrogen-bond donors (Lipinski definition) is 0. The molecule has 0 fully saturated rings. The molecule has 0 atom stereocenters. The molecule has 2 aromatic carbocycles. The van der Waals surface area contributed by atoms with E-state index in [0.29, 0.717) is 13.1 Å². The zero-order chi connectivity index (χ0) is 18.6. The molecule has 3 aromatic rings. The van der Waals surface area contributed by atoms with Gasteiger partial charge in [0, 0.05) is 13.1 Å². The molecule has 4 nitrogen and oxygen atoms in total. The molecule has 0 aliphatic carbocycles. The first-order chi connectivity index (χ1) is 13.3. The summed E-state index contributed by atoms with van der Waals surface area (Å²) in [7, 11) is 0. The topological polar surface area (TPSA) is 38.1 Å². The average Bonchev–Trinajstić information content (AvgIpc) is 3.06. The average molecular weight is 378 g/mol. The van der Waals surface area contributed by atoms with Gasteiger partial charge in [0.05, 0.1) is 16.8 Å². The number of carbonyl (C=O) groups is 1. The van der Waals surface area contributed by atoms with Crippen LogP contribution in [0, 0.1) is 0 Å². The van der Waals surface area contributed by atoms with Crippen molar-refractivity contribution in [2.75, 3.05) is 19.3 Å². The fourth-order valence-corrected chi connectivity index (χ4v) is 4.07. The molecule has 0 bridgehead atoms. The molecule has 0 unspecified atom stereocenters. The van der Waals surface area contributed by atoms with Crippen molar-refractivity contribution in [2.24, 2.45) is 0 Å². The number of nitrogens with zero attached hydrogens (tertiary/aromatic N) is 3. The molecule has 5 heteroatoms. The third kappa shape index (κ3) is 3.78. The number of hydrogen-bond acceptors (Lipinski definition) is 3. The lowest BCUT2D eigenvalue weighted by atomic mass is 9.99. The summed E-state index contributed by atoms with van der Waals surface area (Å²) in [5.74, 6) is 1.93. The normalized spacial score (nSPS) is 14.4. The molecule has 1 aliphatic rings. The highest BCUT2D eigenvalue weighted by Crippen LogP contribution is 2.23. The minimum Gasteiger partial charge on any atom is -0.337 e. The zero-order valence-electron chi connectivity index (χ0n) is 15.5. The summed E-state index contributed by atoms with van der Waals surface area (Å²) in [4.78, 5) is 19.6. The van der Waals surface area contributed by atoms with Crippen molar-refractivity contribution >= 4 is 34.3 Å². The quantitative estimate of drug-likeness (QED) is 0.668. The van der Waals surface area contributed by atoms with Gasteiger partial charge in [0.25, 0.3) is 0 Å². The molecule has 27 heavy (non-hydrogen) atoms. The van der Waals surface area contributed by atoms with Crippen molar-refractivity contribution < 1.29 is 4.79 Å². The molecule has 1 aliphatic heterocycles. The number of fused-ring (bicyclic) bond motifs is 1. The first-order valence-corrected chi connectivity index (χ1v) is 10.6. The summed E-state index contributed by atoms with van der Waals surface area (Å²) in [6, 6.07) is 18.5. The Hall–Kier alpha value is -2.53. The second-order valence-corrected chi connectivity index (χ2v) is 7.59. The third-order valence-electron chi connectivity index (χ3n) is 5.01. The van der Waals surface area contributed by atoms with Gasteiger partial charge in [-0.25, -0.2) is 4.98 Å². The SMILES string of the molecule is CSCc1nc2ccccc2n1CC(=O)N1CC=C(c2ccccc2)CC1. The maximum absolute atomic E-state index is 13.0. The Morgan fingerprint density at radius 1 is 1.11 bits per heavy atom. The number of benzene rings is 2. The summed E-state index contributed by atoms with van der Waals surface area (Å²) in [6.45, 7) is 1.79. The summed E-state index contributed by atoms with van der Waals surface area (Å²) in [5.41, 5.74) is 4.58. The first kappa shape index (κ1) is 17.9. The summed E-state index contributed by atoms with van der Waals surface area (Å²) < 4.78 is 2.07. The molecule has 1 aromatic heterocycles. The third-order valence-corrected chi connectivity index (χ3v) is 5.55. The molecule has 0 N–H and O–H groups in total. The van der Waals surface area contributed by atoms with Crippen LogP contribution in [0.1, 0.15) is 17.8 Å². The van der Waals surface area contributed by atoms with Crippen LogP contribution in [0.3, 0.4) is 0 Å². The van der Waals surface area contributed by atoms with E-state index >= 15 is 0 Å². The Bertz CT molecular complexity index is 978. The molecule has 2 heterocycles. The highest BCUT2D eigenvalue weighted by molar-refractivity contribution is 7.97. The molecule has 138 valence electrons. The Morgan fingerprint density at radius 3 is 2.63 bits per heavy atom. The van der Waals surface area contributed by atoms with Crippen molar-refractivity contribution in [1.29, 1.82) is 0 Å². The van der Waals surface area contributed by atoms with Crippen LogP contribution in [0.25, 0.3) is 16.6 Å². The van der Waals surface area contributed by atoms with Crippen LogP contribution in [0.15, 0.2) is 60.7 Å². The van der Waals surface area contributed by atoms with E-state index < -0.39 is 0 Å². The minimum absolute atomic E-state index is 0.156. The molecule has 0 saturated carbocycles. The van der Waals surface area contributed by atoms with Gasteiger partial charge in [0.2, 0.25) is 5.91 Å². The molecular formula is C22H23N3OS. The Labute approximate surface area is 163 Å². The maximum atomic E-state index is 13.0. The van der Waals surface area contributed by atoms with E-state index in [1.54, 1.807) is 11.8 Å². The van der Waals surface area contributed by atoms with Gasteiger partial charge in [-0.1, -0.05) is 48.5 Å². The molecule has 0 spiro atoms. The van der Waals surface area contributed by atoms with Gasteiger partial charge in [-0.3, -0.25) is 4.79 Å². The summed E-state index contributed by atoms with van der Waals surface area (Å²) in [6.07, 6.45) is 5.15. The number of para-hydroxylation sites is 2. The van der Waals surface area contributed by atoms with Crippen molar-refractivity contribution in [1.82, 2.24) is 14.5 Å². The van der Waals surface area contributed by atoms with E-state index in [1.165, 1.54) is 11.1 Å². The van der Waals surface area contributed by atoms with Crippen molar-refractivity contribution in [3.05, 3.63) is 72.1 Å². The van der Waals surface area contributed by atoms with Crippen LogP contribution < -0.4 is 0 Å². The van der Waals surface area contributed by atoms with Crippen LogP contribution in [-0.4, -0.2) is 39.7 Å². The van der Waals surface area contributed by atoms with E-state index in [9.17, 15) is 4.79 Å². The molecule has 4 rings (SSSR count). The number of thioether (sulfide) groups is 1. The van der Waals surface area contributed by atoms with E-state index in [0.717, 1.165) is 35.6 Å². The Balaban J connectivity index is 1.51. The lowest BCUT2D eigenvalue weighted by Crippen LogP contribution is -2.37. The van der Waals surface area contributed by atoms with Gasteiger partial charge in [0.1, 0.15) is 12.4 Å².